The lowest BCUT2D eigenvalue weighted by Gasteiger charge is -2.11. The zero-order valence-corrected chi connectivity index (χ0v) is 6.99. The van der Waals surface area contributed by atoms with Gasteiger partial charge in [-0.1, -0.05) is 30.3 Å². The molecule has 0 aliphatic rings. The number of hydrogen-bond donors (Lipinski definition) is 1. The fourth-order valence-corrected chi connectivity index (χ4v) is 0.973. The van der Waals surface area contributed by atoms with E-state index in [-0.39, 0.29) is 6.61 Å². The lowest BCUT2D eigenvalue weighted by Crippen LogP contribution is -2.18. The van der Waals surface area contributed by atoms with Crippen molar-refractivity contribution >= 4 is 0 Å². The molecule has 0 saturated carbocycles. The van der Waals surface area contributed by atoms with E-state index in [0.29, 0.717) is 0 Å². The van der Waals surface area contributed by atoms with Crippen LogP contribution in [-0.2, 0) is 4.74 Å². The zero-order valence-electron chi connectivity index (χ0n) is 6.99. The number of hydrogen-bond acceptors (Lipinski definition) is 2. The maximum atomic E-state index is 11.6. The van der Waals surface area contributed by atoms with Crippen molar-refractivity contribution in [1.82, 2.24) is 0 Å². The van der Waals surface area contributed by atoms with Gasteiger partial charge in [-0.25, -0.2) is 0 Å². The Bertz CT molecular complexity index is 241. The minimum absolute atomic E-state index is 0.165. The van der Waals surface area contributed by atoms with Gasteiger partial charge in [0, 0.05) is 0 Å². The van der Waals surface area contributed by atoms with E-state index >= 15 is 0 Å². The van der Waals surface area contributed by atoms with E-state index in [1.54, 1.807) is 24.3 Å². The monoisotopic (exact) mass is 187 g/mol. The fraction of sp³-hybridized carbons (Fsp3) is 0.333. The van der Waals surface area contributed by atoms with Crippen molar-refractivity contribution in [3.8, 4) is 0 Å². The van der Waals surface area contributed by atoms with Gasteiger partial charge >= 0.3 is 6.61 Å². The SMILES string of the molecule is N[C@H](COC(F)F)c1ccccc1. The molecule has 72 valence electrons. The molecular weight excluding hydrogens is 176 g/mol. The number of nitrogens with two attached hydrogens (primary N) is 1. The molecule has 0 radical (unpaired) electrons. The highest BCUT2D eigenvalue weighted by Crippen LogP contribution is 2.10. The molecule has 0 saturated heterocycles. The van der Waals surface area contributed by atoms with E-state index in [0.717, 1.165) is 5.56 Å². The number of ether oxygens (including phenoxy) is 1. The second kappa shape index (κ2) is 4.89. The van der Waals surface area contributed by atoms with Crippen molar-refractivity contribution in [3.63, 3.8) is 0 Å². The zero-order chi connectivity index (χ0) is 9.68. The summed E-state index contributed by atoms with van der Waals surface area (Å²) in [5, 5.41) is 0. The number of alkyl halides is 2. The first-order chi connectivity index (χ1) is 6.20. The van der Waals surface area contributed by atoms with Crippen LogP contribution in [0.2, 0.25) is 0 Å². The Hall–Kier alpha value is -1.00. The molecule has 0 amide bonds. The highest BCUT2D eigenvalue weighted by molar-refractivity contribution is 5.18. The average molecular weight is 187 g/mol. The van der Waals surface area contributed by atoms with Crippen LogP contribution < -0.4 is 5.73 Å². The van der Waals surface area contributed by atoms with Crippen LogP contribution in [0, 0.1) is 0 Å². The molecular formula is C9H11F2NO. The molecule has 1 aromatic carbocycles. The van der Waals surface area contributed by atoms with Crippen LogP contribution in [-0.4, -0.2) is 13.2 Å². The summed E-state index contributed by atoms with van der Waals surface area (Å²) in [6.45, 7) is -2.92. The summed E-state index contributed by atoms with van der Waals surface area (Å²) in [5.74, 6) is 0. The van der Waals surface area contributed by atoms with E-state index in [1.807, 2.05) is 6.07 Å². The number of benzene rings is 1. The second-order valence-electron chi connectivity index (χ2n) is 2.61. The van der Waals surface area contributed by atoms with Crippen LogP contribution in [0.4, 0.5) is 8.78 Å². The summed E-state index contributed by atoms with van der Waals surface area (Å²) in [7, 11) is 0. The third-order valence-electron chi connectivity index (χ3n) is 1.63. The van der Waals surface area contributed by atoms with E-state index < -0.39 is 12.7 Å². The van der Waals surface area contributed by atoms with Gasteiger partial charge < -0.3 is 10.5 Å². The van der Waals surface area contributed by atoms with Gasteiger partial charge in [0.25, 0.3) is 0 Å². The normalized spacial score (nSPS) is 13.2. The maximum Gasteiger partial charge on any atom is 0.345 e. The first kappa shape index (κ1) is 10.1. The average Bonchev–Trinajstić information content (AvgIpc) is 2.15. The van der Waals surface area contributed by atoms with E-state index in [4.69, 9.17) is 5.73 Å². The third kappa shape index (κ3) is 3.48. The fourth-order valence-electron chi connectivity index (χ4n) is 0.973. The van der Waals surface area contributed by atoms with Crippen molar-refractivity contribution in [2.24, 2.45) is 5.73 Å². The highest BCUT2D eigenvalue weighted by atomic mass is 19.3. The van der Waals surface area contributed by atoms with E-state index in [9.17, 15) is 8.78 Å². The van der Waals surface area contributed by atoms with Crippen molar-refractivity contribution in [2.75, 3.05) is 6.61 Å². The Balaban J connectivity index is 2.44. The van der Waals surface area contributed by atoms with Crippen LogP contribution in [0.1, 0.15) is 11.6 Å². The Morgan fingerprint density at radius 1 is 1.23 bits per heavy atom. The summed E-state index contributed by atoms with van der Waals surface area (Å²) in [6, 6.07) is 8.51. The quantitative estimate of drug-likeness (QED) is 0.781. The van der Waals surface area contributed by atoms with Gasteiger partial charge in [0.1, 0.15) is 0 Å². The second-order valence-corrected chi connectivity index (χ2v) is 2.61. The summed E-state index contributed by atoms with van der Waals surface area (Å²) >= 11 is 0. The van der Waals surface area contributed by atoms with Crippen molar-refractivity contribution in [3.05, 3.63) is 35.9 Å². The van der Waals surface area contributed by atoms with Crippen molar-refractivity contribution in [2.45, 2.75) is 12.7 Å². The highest BCUT2D eigenvalue weighted by Gasteiger charge is 2.08. The molecule has 1 aromatic rings. The standard InChI is InChI=1S/C9H11F2NO/c10-9(11)13-6-8(12)7-4-2-1-3-5-7/h1-5,8-9H,6,12H2/t8-/m1/s1. The minimum Gasteiger partial charge on any atom is -0.322 e. The number of halogens is 2. The van der Waals surface area contributed by atoms with Crippen LogP contribution >= 0.6 is 0 Å². The summed E-state index contributed by atoms with van der Waals surface area (Å²) < 4.78 is 27.4. The Kier molecular flexibility index (Phi) is 3.79. The van der Waals surface area contributed by atoms with Crippen LogP contribution in [0.5, 0.6) is 0 Å². The molecule has 0 fully saturated rings. The van der Waals surface area contributed by atoms with Crippen molar-refractivity contribution < 1.29 is 13.5 Å². The molecule has 0 bridgehead atoms. The molecule has 0 aliphatic carbocycles. The predicted octanol–water partition coefficient (Wildman–Crippen LogP) is 1.93. The maximum absolute atomic E-state index is 11.6. The molecule has 0 aliphatic heterocycles. The molecule has 0 spiro atoms. The van der Waals surface area contributed by atoms with Gasteiger partial charge in [-0.2, -0.15) is 8.78 Å². The van der Waals surface area contributed by atoms with Gasteiger partial charge in [0.05, 0.1) is 12.6 Å². The van der Waals surface area contributed by atoms with Gasteiger partial charge in [-0.15, -0.1) is 0 Å². The van der Waals surface area contributed by atoms with Gasteiger partial charge in [0.15, 0.2) is 0 Å². The molecule has 0 unspecified atom stereocenters. The molecule has 4 heteroatoms. The first-order valence-electron chi connectivity index (χ1n) is 3.90. The molecule has 2 nitrogen and oxygen atoms in total. The molecule has 1 rings (SSSR count). The largest absolute Gasteiger partial charge is 0.345 e. The molecule has 1 atom stereocenters. The Morgan fingerprint density at radius 3 is 2.38 bits per heavy atom. The smallest absolute Gasteiger partial charge is 0.322 e. The molecule has 0 aromatic heterocycles. The van der Waals surface area contributed by atoms with E-state index in [2.05, 4.69) is 4.74 Å². The Morgan fingerprint density at radius 2 is 1.85 bits per heavy atom. The summed E-state index contributed by atoms with van der Waals surface area (Å²) in [4.78, 5) is 0. The van der Waals surface area contributed by atoms with E-state index in [1.165, 1.54) is 0 Å². The molecule has 13 heavy (non-hydrogen) atoms. The van der Waals surface area contributed by atoms with Gasteiger partial charge in [-0.3, -0.25) is 0 Å². The van der Waals surface area contributed by atoms with Gasteiger partial charge in [-0.05, 0) is 5.56 Å². The van der Waals surface area contributed by atoms with Crippen molar-refractivity contribution in [1.29, 1.82) is 0 Å². The lowest BCUT2D eigenvalue weighted by atomic mass is 10.1. The first-order valence-corrected chi connectivity index (χ1v) is 3.90. The summed E-state index contributed by atoms with van der Waals surface area (Å²) in [6.07, 6.45) is 0. The predicted molar refractivity (Wildman–Crippen MR) is 45.3 cm³/mol. The number of rotatable bonds is 4. The van der Waals surface area contributed by atoms with Crippen LogP contribution in [0.25, 0.3) is 0 Å². The Labute approximate surface area is 75.3 Å². The van der Waals surface area contributed by atoms with Crippen LogP contribution in [0.15, 0.2) is 30.3 Å². The summed E-state index contributed by atoms with van der Waals surface area (Å²) in [5.41, 5.74) is 6.38. The van der Waals surface area contributed by atoms with Gasteiger partial charge in [0.2, 0.25) is 0 Å². The third-order valence-corrected chi connectivity index (χ3v) is 1.63. The lowest BCUT2D eigenvalue weighted by molar-refractivity contribution is -0.132. The topological polar surface area (TPSA) is 35.2 Å². The molecule has 0 heterocycles. The molecule has 2 N–H and O–H groups in total. The minimum atomic E-state index is -2.75. The van der Waals surface area contributed by atoms with Crippen LogP contribution in [0.3, 0.4) is 0 Å².